The van der Waals surface area contributed by atoms with E-state index in [-0.39, 0.29) is 6.71 Å². The fourth-order valence-corrected chi connectivity index (χ4v) is 14.5. The van der Waals surface area contributed by atoms with Gasteiger partial charge in [0, 0.05) is 65.8 Å². The Bertz CT molecular complexity index is 5160. The Hall–Kier alpha value is -10.4. The molecule has 0 saturated carbocycles. The van der Waals surface area contributed by atoms with E-state index >= 15 is 0 Å². The average molecular weight is 1050 g/mol. The van der Waals surface area contributed by atoms with E-state index in [0.717, 1.165) is 22.7 Å². The summed E-state index contributed by atoms with van der Waals surface area (Å²) in [7, 11) is 0. The van der Waals surface area contributed by atoms with Crippen molar-refractivity contribution < 1.29 is 0 Å². The van der Waals surface area contributed by atoms with E-state index in [9.17, 15) is 0 Å². The molecule has 4 heterocycles. The van der Waals surface area contributed by atoms with E-state index in [4.69, 9.17) is 0 Å². The molecule has 0 aliphatic heterocycles. The van der Waals surface area contributed by atoms with Gasteiger partial charge in [0.2, 0.25) is 6.71 Å². The monoisotopic (exact) mass is 1040 g/mol. The highest BCUT2D eigenvalue weighted by Gasteiger charge is 2.28. The molecule has 5 heteroatoms. The number of hydrogen-bond acceptors (Lipinski definition) is 0. The molecule has 0 amide bonds. The van der Waals surface area contributed by atoms with Gasteiger partial charge in [-0.25, -0.2) is 0 Å². The molecule has 0 radical (unpaired) electrons. The van der Waals surface area contributed by atoms with Crippen LogP contribution in [-0.4, -0.2) is 25.0 Å². The van der Waals surface area contributed by atoms with Gasteiger partial charge in [-0.05, 0) is 115 Å². The molecule has 4 nitrogen and oxygen atoms in total. The summed E-state index contributed by atoms with van der Waals surface area (Å²) in [5, 5.41) is 14.8. The van der Waals surface area contributed by atoms with Crippen molar-refractivity contribution in [2.24, 2.45) is 0 Å². The molecule has 0 atom stereocenters. The number of fused-ring (bicyclic) bond motifs is 16. The number of benzene rings is 13. The average Bonchev–Trinajstić information content (AvgIpc) is 2.94. The van der Waals surface area contributed by atoms with Crippen LogP contribution in [0.5, 0.6) is 0 Å². The normalized spacial score (nSPS) is 12.1. The van der Waals surface area contributed by atoms with Crippen LogP contribution >= 0.6 is 0 Å². The van der Waals surface area contributed by atoms with Crippen molar-refractivity contribution in [2.75, 3.05) is 0 Å². The zero-order chi connectivity index (χ0) is 54.3. The third-order valence-corrected chi connectivity index (χ3v) is 17.9. The van der Waals surface area contributed by atoms with Crippen LogP contribution < -0.4 is 16.4 Å². The summed E-state index contributed by atoms with van der Waals surface area (Å²) in [6.45, 7) is 6.81. The minimum Gasteiger partial charge on any atom is -0.307 e. The standard InChI is InChI=1S/C77H53BN4/c1-48-42-49(2)73(50(3)43-48)78(55-34-30-53-46-59(36-32-51(53)44-55)81-71-28-16-12-24-63(71)67-40-38-65-61-22-10-14-26-69(61)79(74(65)76(67)81)57-18-6-4-7-19-57)56-35-31-54-47-60(37-33-52(54)45-56)82-72-29-17-13-25-64(72)68-41-39-66-62-23-11-15-27-70(62)80(75(66)77(68)82)58-20-8-5-9-21-58/h4-47H,1-3H3. The molecule has 0 fully saturated rings. The van der Waals surface area contributed by atoms with Gasteiger partial charge in [-0.1, -0.05) is 227 Å². The second-order valence-electron chi connectivity index (χ2n) is 22.6. The van der Waals surface area contributed by atoms with Crippen molar-refractivity contribution in [1.29, 1.82) is 0 Å². The summed E-state index contributed by atoms with van der Waals surface area (Å²) in [6.07, 6.45) is 0. The second-order valence-corrected chi connectivity index (χ2v) is 22.6. The van der Waals surface area contributed by atoms with Gasteiger partial charge in [-0.2, -0.15) is 0 Å². The summed E-state index contributed by atoms with van der Waals surface area (Å²) in [5.74, 6) is 0. The Morgan fingerprint density at radius 1 is 0.244 bits per heavy atom. The Balaban J connectivity index is 0.823. The summed E-state index contributed by atoms with van der Waals surface area (Å²) < 4.78 is 9.94. The largest absolute Gasteiger partial charge is 0.307 e. The molecule has 17 rings (SSSR count). The molecule has 0 unspecified atom stereocenters. The van der Waals surface area contributed by atoms with Gasteiger partial charge in [0.05, 0.1) is 44.1 Å². The van der Waals surface area contributed by atoms with Crippen LogP contribution in [0.3, 0.4) is 0 Å². The quantitative estimate of drug-likeness (QED) is 0.142. The summed E-state index contributed by atoms with van der Waals surface area (Å²) in [6, 6.07) is 99.7. The first-order valence-corrected chi connectivity index (χ1v) is 28.6. The number of rotatable bonds is 7. The number of para-hydroxylation sites is 6. The number of aryl methyl sites for hydroxylation is 3. The van der Waals surface area contributed by atoms with Crippen molar-refractivity contribution in [3.8, 4) is 22.7 Å². The van der Waals surface area contributed by atoms with Crippen molar-refractivity contribution >= 4 is 132 Å². The summed E-state index contributed by atoms with van der Waals surface area (Å²) in [5.41, 5.74) is 22.1. The second kappa shape index (κ2) is 17.8. The number of hydrogen-bond donors (Lipinski definition) is 0. The topological polar surface area (TPSA) is 19.7 Å². The number of aromatic nitrogens is 4. The highest BCUT2D eigenvalue weighted by Crippen LogP contribution is 2.44. The summed E-state index contributed by atoms with van der Waals surface area (Å²) in [4.78, 5) is 0. The van der Waals surface area contributed by atoms with Gasteiger partial charge in [0.15, 0.2) is 0 Å². The summed E-state index contributed by atoms with van der Waals surface area (Å²) >= 11 is 0. The van der Waals surface area contributed by atoms with Gasteiger partial charge in [-0.3, -0.25) is 0 Å². The van der Waals surface area contributed by atoms with Crippen LogP contribution in [0.25, 0.3) is 132 Å². The smallest absolute Gasteiger partial charge is 0.241 e. The van der Waals surface area contributed by atoms with Crippen LogP contribution in [0.2, 0.25) is 0 Å². The van der Waals surface area contributed by atoms with Crippen molar-refractivity contribution in [3.05, 3.63) is 284 Å². The highest BCUT2D eigenvalue weighted by molar-refractivity contribution is 6.96. The van der Waals surface area contributed by atoms with Crippen LogP contribution in [-0.2, 0) is 0 Å². The zero-order valence-corrected chi connectivity index (χ0v) is 45.8. The van der Waals surface area contributed by atoms with Gasteiger partial charge < -0.3 is 18.3 Å². The Labute approximate surface area is 474 Å². The fourth-order valence-electron chi connectivity index (χ4n) is 14.5. The predicted molar refractivity (Wildman–Crippen MR) is 351 cm³/mol. The molecule has 4 aromatic heterocycles. The van der Waals surface area contributed by atoms with Crippen LogP contribution in [0.1, 0.15) is 16.7 Å². The van der Waals surface area contributed by atoms with Gasteiger partial charge in [0.25, 0.3) is 0 Å². The number of nitrogens with zero attached hydrogens (tertiary/aromatic N) is 4. The lowest BCUT2D eigenvalue weighted by atomic mass is 9.35. The molecule has 0 spiro atoms. The van der Waals surface area contributed by atoms with Gasteiger partial charge in [-0.15, -0.1) is 0 Å². The highest BCUT2D eigenvalue weighted by atomic mass is 15.1. The molecule has 0 aliphatic carbocycles. The first-order valence-electron chi connectivity index (χ1n) is 28.6. The van der Waals surface area contributed by atoms with Gasteiger partial charge >= 0.3 is 0 Å². The molecule has 0 N–H and O–H groups in total. The molecule has 82 heavy (non-hydrogen) atoms. The first kappa shape index (κ1) is 46.5. The predicted octanol–water partition coefficient (Wildman–Crippen LogP) is 17.8. The van der Waals surface area contributed by atoms with E-state index in [1.807, 2.05) is 0 Å². The van der Waals surface area contributed by atoms with E-state index in [0.29, 0.717) is 0 Å². The fraction of sp³-hybridized carbons (Fsp3) is 0.0390. The minimum atomic E-state index is 0.00445. The molecule has 17 aromatic rings. The lowest BCUT2D eigenvalue weighted by Gasteiger charge is -2.22. The van der Waals surface area contributed by atoms with E-state index in [2.05, 4.69) is 306 Å². The zero-order valence-electron chi connectivity index (χ0n) is 45.8. The van der Waals surface area contributed by atoms with E-state index in [1.54, 1.807) is 0 Å². The molecule has 0 saturated heterocycles. The van der Waals surface area contributed by atoms with Crippen molar-refractivity contribution in [1.82, 2.24) is 18.3 Å². The maximum Gasteiger partial charge on any atom is 0.241 e. The lowest BCUT2D eigenvalue weighted by Crippen LogP contribution is -2.54. The van der Waals surface area contributed by atoms with Crippen molar-refractivity contribution in [3.63, 3.8) is 0 Å². The molecular weight excluding hydrogens is 992 g/mol. The SMILES string of the molecule is Cc1cc(C)c(B(c2ccc3cc(-n4c5ccccc5c5ccc6c7ccccc7n(-c7ccccc7)c6c54)ccc3c2)c2ccc3cc(-n4c5ccccc5c5ccc6c7ccccc7n(-c7ccccc7)c6c54)ccc3c2)c(C)c1. The van der Waals surface area contributed by atoms with Crippen LogP contribution in [0.15, 0.2) is 267 Å². The van der Waals surface area contributed by atoms with E-state index < -0.39 is 0 Å². The van der Waals surface area contributed by atoms with Crippen molar-refractivity contribution in [2.45, 2.75) is 20.8 Å². The lowest BCUT2D eigenvalue weighted by molar-refractivity contribution is 1.15. The molecule has 384 valence electrons. The minimum absolute atomic E-state index is 0.00445. The van der Waals surface area contributed by atoms with Gasteiger partial charge in [0.1, 0.15) is 0 Å². The van der Waals surface area contributed by atoms with Crippen LogP contribution in [0.4, 0.5) is 0 Å². The maximum absolute atomic E-state index is 2.51. The third kappa shape index (κ3) is 6.80. The van der Waals surface area contributed by atoms with E-state index in [1.165, 1.54) is 142 Å². The first-order chi connectivity index (χ1) is 40.4. The Kier molecular flexibility index (Phi) is 10.1. The third-order valence-electron chi connectivity index (χ3n) is 17.9. The Morgan fingerprint density at radius 3 is 0.915 bits per heavy atom. The molecule has 0 bridgehead atoms. The molecule has 13 aromatic carbocycles. The molecule has 0 aliphatic rings. The molecular formula is C77H53BN4. The van der Waals surface area contributed by atoms with Crippen LogP contribution in [0, 0.1) is 20.8 Å². The Morgan fingerprint density at radius 2 is 0.549 bits per heavy atom. The maximum atomic E-state index is 2.51.